The Hall–Kier alpha value is -2.74. The van der Waals surface area contributed by atoms with Gasteiger partial charge in [-0.2, -0.15) is 0 Å². The number of aromatic nitrogens is 3. The van der Waals surface area contributed by atoms with Crippen molar-refractivity contribution in [3.05, 3.63) is 58.6 Å². The Morgan fingerprint density at radius 2 is 1.96 bits per heavy atom. The van der Waals surface area contributed by atoms with E-state index in [2.05, 4.69) is 31.2 Å². The first-order valence-corrected chi connectivity index (χ1v) is 9.97. The Kier molecular flexibility index (Phi) is 5.13. The number of piperidine rings is 1. The number of nitrogens with one attached hydrogen (secondary N) is 1. The average Bonchev–Trinajstić information content (AvgIpc) is 3.15. The first-order chi connectivity index (χ1) is 13.5. The molecule has 1 fully saturated rings. The van der Waals surface area contributed by atoms with Crippen LogP contribution in [0.3, 0.4) is 0 Å². The largest absolute Gasteiger partial charge is 0.337 e. The normalized spacial score (nSPS) is 15.0. The van der Waals surface area contributed by atoms with Crippen molar-refractivity contribution in [2.45, 2.75) is 19.8 Å². The van der Waals surface area contributed by atoms with Crippen molar-refractivity contribution in [1.82, 2.24) is 19.3 Å². The van der Waals surface area contributed by atoms with Crippen molar-refractivity contribution in [2.75, 3.05) is 18.4 Å². The molecule has 3 aromatic rings. The fourth-order valence-corrected chi connectivity index (χ4v) is 3.67. The van der Waals surface area contributed by atoms with Gasteiger partial charge in [0.1, 0.15) is 17.2 Å². The molecule has 1 saturated heterocycles. The number of hydrogen-bond donors (Lipinski definition) is 1. The molecule has 0 atom stereocenters. The highest BCUT2D eigenvalue weighted by Gasteiger charge is 2.29. The van der Waals surface area contributed by atoms with E-state index in [-0.39, 0.29) is 17.7 Å². The van der Waals surface area contributed by atoms with Gasteiger partial charge in [0.2, 0.25) is 5.91 Å². The van der Waals surface area contributed by atoms with E-state index in [1.807, 2.05) is 35.6 Å². The van der Waals surface area contributed by atoms with Gasteiger partial charge in [-0.05, 0) is 60.0 Å². The summed E-state index contributed by atoms with van der Waals surface area (Å²) in [7, 11) is 0. The maximum Gasteiger partial charge on any atom is 0.274 e. The lowest BCUT2D eigenvalue weighted by atomic mass is 9.95. The van der Waals surface area contributed by atoms with Crippen LogP contribution in [0.15, 0.2) is 47.2 Å². The van der Waals surface area contributed by atoms with Gasteiger partial charge in [0.15, 0.2) is 0 Å². The predicted molar refractivity (Wildman–Crippen MR) is 109 cm³/mol. The molecule has 2 amide bonds. The van der Waals surface area contributed by atoms with Crippen LogP contribution in [0.4, 0.5) is 5.82 Å². The quantitative estimate of drug-likeness (QED) is 0.675. The summed E-state index contributed by atoms with van der Waals surface area (Å²) in [5.41, 5.74) is 2.23. The van der Waals surface area contributed by atoms with Crippen LogP contribution in [0.5, 0.6) is 0 Å². The Labute approximate surface area is 170 Å². The molecular formula is C20H20BrN5O2. The number of halogens is 1. The standard InChI is InChI=1S/C20H20BrN5O2/c1-13-3-2-4-18-23-16(12-26(13)18)20(28)25-9-7-14(8-10-25)19(27)24-17-6-5-15(21)11-22-17/h2-6,11-12,14H,7-10H2,1H3,(H,22,24,27). The summed E-state index contributed by atoms with van der Waals surface area (Å²) in [5, 5.41) is 2.85. The van der Waals surface area contributed by atoms with E-state index >= 15 is 0 Å². The summed E-state index contributed by atoms with van der Waals surface area (Å²) < 4.78 is 2.78. The average molecular weight is 442 g/mol. The Morgan fingerprint density at radius 1 is 1.18 bits per heavy atom. The van der Waals surface area contributed by atoms with Crippen molar-refractivity contribution in [2.24, 2.45) is 5.92 Å². The number of hydrogen-bond acceptors (Lipinski definition) is 4. The number of carbonyl (C=O) groups excluding carboxylic acids is 2. The molecular weight excluding hydrogens is 422 g/mol. The topological polar surface area (TPSA) is 79.6 Å². The van der Waals surface area contributed by atoms with Crippen molar-refractivity contribution in [3.63, 3.8) is 0 Å². The summed E-state index contributed by atoms with van der Waals surface area (Å²) in [4.78, 5) is 35.7. The number of pyridine rings is 2. The second kappa shape index (κ2) is 7.71. The van der Waals surface area contributed by atoms with Gasteiger partial charge in [-0.1, -0.05) is 6.07 Å². The highest BCUT2D eigenvalue weighted by Crippen LogP contribution is 2.21. The molecule has 0 saturated carbocycles. The minimum Gasteiger partial charge on any atom is -0.337 e. The van der Waals surface area contributed by atoms with Gasteiger partial charge in [0.25, 0.3) is 5.91 Å². The smallest absolute Gasteiger partial charge is 0.274 e. The lowest BCUT2D eigenvalue weighted by Gasteiger charge is -2.30. The van der Waals surface area contributed by atoms with Gasteiger partial charge in [0.05, 0.1) is 0 Å². The van der Waals surface area contributed by atoms with Gasteiger partial charge in [-0.15, -0.1) is 0 Å². The number of likely N-dealkylation sites (tertiary alicyclic amines) is 1. The van der Waals surface area contributed by atoms with Crippen molar-refractivity contribution in [3.8, 4) is 0 Å². The lowest BCUT2D eigenvalue weighted by Crippen LogP contribution is -2.41. The van der Waals surface area contributed by atoms with Gasteiger partial charge in [0, 0.05) is 41.6 Å². The number of imidazole rings is 1. The number of rotatable bonds is 3. The maximum absolute atomic E-state index is 12.8. The molecule has 0 bridgehead atoms. The minimum absolute atomic E-state index is 0.0507. The molecule has 1 N–H and O–H groups in total. The van der Waals surface area contributed by atoms with E-state index in [1.165, 1.54) is 0 Å². The van der Waals surface area contributed by atoms with Gasteiger partial charge < -0.3 is 14.6 Å². The highest BCUT2D eigenvalue weighted by molar-refractivity contribution is 9.10. The Balaban J connectivity index is 1.37. The van der Waals surface area contributed by atoms with Crippen LogP contribution in [-0.2, 0) is 4.79 Å². The summed E-state index contributed by atoms with van der Waals surface area (Å²) >= 11 is 3.32. The number of amides is 2. The van der Waals surface area contributed by atoms with Crippen molar-refractivity contribution >= 4 is 39.2 Å². The molecule has 1 aliphatic rings. The van der Waals surface area contributed by atoms with Gasteiger partial charge in [-0.3, -0.25) is 9.59 Å². The molecule has 0 aliphatic carbocycles. The molecule has 4 heterocycles. The van der Waals surface area contributed by atoms with Gasteiger partial charge >= 0.3 is 0 Å². The monoisotopic (exact) mass is 441 g/mol. The summed E-state index contributed by atoms with van der Waals surface area (Å²) in [6, 6.07) is 9.38. The molecule has 7 nitrogen and oxygen atoms in total. The SMILES string of the molecule is Cc1cccc2nc(C(=O)N3CCC(C(=O)Nc4ccc(Br)cn4)CC3)cn12. The third kappa shape index (κ3) is 3.77. The highest BCUT2D eigenvalue weighted by atomic mass is 79.9. The third-order valence-corrected chi connectivity index (χ3v) is 5.52. The number of nitrogens with zero attached hydrogens (tertiary/aromatic N) is 4. The van der Waals surface area contributed by atoms with E-state index in [9.17, 15) is 9.59 Å². The van der Waals surface area contributed by atoms with E-state index in [1.54, 1.807) is 23.4 Å². The van der Waals surface area contributed by atoms with Gasteiger partial charge in [-0.25, -0.2) is 9.97 Å². The Bertz CT molecular complexity index is 1020. The molecule has 28 heavy (non-hydrogen) atoms. The minimum atomic E-state index is -0.127. The second-order valence-corrected chi connectivity index (χ2v) is 7.85. The van der Waals surface area contributed by atoms with Crippen LogP contribution in [-0.4, -0.2) is 44.2 Å². The summed E-state index contributed by atoms with van der Waals surface area (Å²) in [6.07, 6.45) is 4.68. The van der Waals surface area contributed by atoms with Crippen LogP contribution in [0, 0.1) is 12.8 Å². The zero-order chi connectivity index (χ0) is 19.7. The van der Waals surface area contributed by atoms with Crippen LogP contribution >= 0.6 is 15.9 Å². The van der Waals surface area contributed by atoms with Crippen LogP contribution in [0.2, 0.25) is 0 Å². The van der Waals surface area contributed by atoms with Crippen molar-refractivity contribution < 1.29 is 9.59 Å². The molecule has 4 rings (SSSR count). The molecule has 144 valence electrons. The molecule has 0 radical (unpaired) electrons. The van der Waals surface area contributed by atoms with Crippen molar-refractivity contribution in [1.29, 1.82) is 0 Å². The molecule has 0 unspecified atom stereocenters. The lowest BCUT2D eigenvalue weighted by molar-refractivity contribution is -0.121. The predicted octanol–water partition coefficient (Wildman–Crippen LogP) is 3.29. The number of anilines is 1. The first-order valence-electron chi connectivity index (χ1n) is 9.17. The fourth-order valence-electron chi connectivity index (χ4n) is 3.44. The molecule has 0 aromatic carbocycles. The molecule has 1 aliphatic heterocycles. The number of carbonyl (C=O) groups is 2. The van der Waals surface area contributed by atoms with E-state index < -0.39 is 0 Å². The van der Waals surface area contributed by atoms with Crippen LogP contribution in [0.25, 0.3) is 5.65 Å². The number of aryl methyl sites for hydroxylation is 1. The molecule has 8 heteroatoms. The Morgan fingerprint density at radius 3 is 2.64 bits per heavy atom. The summed E-state index contributed by atoms with van der Waals surface area (Å²) in [5.74, 6) is 0.270. The van der Waals surface area contributed by atoms with E-state index in [4.69, 9.17) is 0 Å². The second-order valence-electron chi connectivity index (χ2n) is 6.94. The molecule has 3 aromatic heterocycles. The first kappa shape index (κ1) is 18.6. The van der Waals surface area contributed by atoms with Crippen LogP contribution < -0.4 is 5.32 Å². The van der Waals surface area contributed by atoms with E-state index in [0.717, 1.165) is 15.8 Å². The fraction of sp³-hybridized carbons (Fsp3) is 0.300. The molecule has 0 spiro atoms. The van der Waals surface area contributed by atoms with Crippen LogP contribution in [0.1, 0.15) is 29.0 Å². The summed E-state index contributed by atoms with van der Waals surface area (Å²) in [6.45, 7) is 3.06. The zero-order valence-electron chi connectivity index (χ0n) is 15.4. The third-order valence-electron chi connectivity index (χ3n) is 5.05. The zero-order valence-corrected chi connectivity index (χ0v) is 17.0. The maximum atomic E-state index is 12.8. The number of fused-ring (bicyclic) bond motifs is 1. The van der Waals surface area contributed by atoms with E-state index in [0.29, 0.717) is 37.4 Å².